The zero-order valence-corrected chi connectivity index (χ0v) is 10.8. The summed E-state index contributed by atoms with van der Waals surface area (Å²) in [5.74, 6) is -0.277. The quantitative estimate of drug-likeness (QED) is 0.689. The van der Waals surface area contributed by atoms with Gasteiger partial charge in [0.2, 0.25) is 0 Å². The number of nitro groups is 1. The highest BCUT2D eigenvalue weighted by molar-refractivity contribution is 9.10. The van der Waals surface area contributed by atoms with E-state index in [2.05, 4.69) is 21.2 Å². The first kappa shape index (κ1) is 12.0. The van der Waals surface area contributed by atoms with Crippen LogP contribution in [0.1, 0.15) is 30.1 Å². The first-order valence-electron chi connectivity index (χ1n) is 5.18. The molecule has 1 saturated carbocycles. The zero-order chi connectivity index (χ0) is 12.6. The fourth-order valence-electron chi connectivity index (χ4n) is 1.45. The van der Waals surface area contributed by atoms with E-state index in [1.54, 1.807) is 0 Å². The van der Waals surface area contributed by atoms with Crippen molar-refractivity contribution >= 4 is 27.5 Å². The maximum absolute atomic E-state index is 11.9. The van der Waals surface area contributed by atoms with Gasteiger partial charge in [-0.05, 0) is 41.8 Å². The van der Waals surface area contributed by atoms with Crippen LogP contribution in [0.2, 0.25) is 0 Å². The Balaban J connectivity index is 2.27. The Kier molecular flexibility index (Phi) is 2.91. The lowest BCUT2D eigenvalue weighted by Gasteiger charge is -2.12. The van der Waals surface area contributed by atoms with E-state index >= 15 is 0 Å². The average Bonchev–Trinajstić information content (AvgIpc) is 2.96. The zero-order valence-electron chi connectivity index (χ0n) is 9.20. The van der Waals surface area contributed by atoms with Crippen molar-refractivity contribution in [3.8, 4) is 0 Å². The number of rotatable bonds is 3. The van der Waals surface area contributed by atoms with Gasteiger partial charge in [-0.15, -0.1) is 0 Å². The van der Waals surface area contributed by atoms with Crippen molar-refractivity contribution in [2.75, 3.05) is 0 Å². The van der Waals surface area contributed by atoms with Crippen LogP contribution in [0.25, 0.3) is 0 Å². The van der Waals surface area contributed by atoms with E-state index in [-0.39, 0.29) is 17.1 Å². The smallest absolute Gasteiger partial charge is 0.270 e. The summed E-state index contributed by atoms with van der Waals surface area (Å²) < 4.78 is 0.560. The number of nitrogens with one attached hydrogen (secondary N) is 1. The van der Waals surface area contributed by atoms with E-state index in [0.717, 1.165) is 12.8 Å². The summed E-state index contributed by atoms with van der Waals surface area (Å²) in [6.07, 6.45) is 1.90. The summed E-state index contributed by atoms with van der Waals surface area (Å²) in [6, 6.07) is 4.16. The topological polar surface area (TPSA) is 72.2 Å². The summed E-state index contributed by atoms with van der Waals surface area (Å²) in [5, 5.41) is 13.5. The van der Waals surface area contributed by atoms with Crippen molar-refractivity contribution in [2.45, 2.75) is 25.3 Å². The highest BCUT2D eigenvalue weighted by Gasteiger charge is 2.39. The molecule has 0 spiro atoms. The molecule has 0 unspecified atom stereocenters. The van der Waals surface area contributed by atoms with Gasteiger partial charge < -0.3 is 5.32 Å². The fraction of sp³-hybridized carbons (Fsp3) is 0.364. The maximum Gasteiger partial charge on any atom is 0.270 e. The number of carbonyl (C=O) groups is 1. The normalized spacial score (nSPS) is 16.4. The number of nitro benzene ring substituents is 1. The first-order valence-corrected chi connectivity index (χ1v) is 5.97. The number of carbonyl (C=O) groups excluding carboxylic acids is 1. The van der Waals surface area contributed by atoms with E-state index in [0.29, 0.717) is 10.0 Å². The Bertz CT molecular complexity index is 497. The Morgan fingerprint density at radius 3 is 2.71 bits per heavy atom. The van der Waals surface area contributed by atoms with Crippen molar-refractivity contribution in [2.24, 2.45) is 0 Å². The van der Waals surface area contributed by atoms with Crippen LogP contribution in [0.3, 0.4) is 0 Å². The Morgan fingerprint density at radius 2 is 2.18 bits per heavy atom. The second-order valence-electron chi connectivity index (χ2n) is 4.44. The molecule has 0 heterocycles. The lowest BCUT2D eigenvalue weighted by atomic mass is 10.1. The predicted octanol–water partition coefficient (Wildman–Crippen LogP) is 2.64. The molecule has 0 radical (unpaired) electrons. The van der Waals surface area contributed by atoms with E-state index in [1.807, 2.05) is 6.92 Å². The fourth-order valence-corrected chi connectivity index (χ4v) is 1.88. The van der Waals surface area contributed by atoms with Gasteiger partial charge in [-0.25, -0.2) is 0 Å². The van der Waals surface area contributed by atoms with Crippen LogP contribution in [0.5, 0.6) is 0 Å². The van der Waals surface area contributed by atoms with Gasteiger partial charge in [0.15, 0.2) is 0 Å². The molecule has 1 N–H and O–H groups in total. The van der Waals surface area contributed by atoms with E-state index in [9.17, 15) is 14.9 Å². The molecule has 1 fully saturated rings. The van der Waals surface area contributed by atoms with Crippen LogP contribution < -0.4 is 5.32 Å². The summed E-state index contributed by atoms with van der Waals surface area (Å²) in [4.78, 5) is 22.1. The molecule has 0 aromatic heterocycles. The molecule has 5 nitrogen and oxygen atoms in total. The van der Waals surface area contributed by atoms with Crippen LogP contribution in [0.15, 0.2) is 22.7 Å². The van der Waals surface area contributed by atoms with Gasteiger partial charge in [-0.2, -0.15) is 0 Å². The van der Waals surface area contributed by atoms with Crippen molar-refractivity contribution in [1.82, 2.24) is 5.32 Å². The van der Waals surface area contributed by atoms with Crippen molar-refractivity contribution < 1.29 is 9.72 Å². The summed E-state index contributed by atoms with van der Waals surface area (Å²) >= 11 is 3.22. The lowest BCUT2D eigenvalue weighted by Crippen LogP contribution is -2.34. The van der Waals surface area contributed by atoms with Gasteiger partial charge in [0.1, 0.15) is 0 Å². The second kappa shape index (κ2) is 4.10. The average molecular weight is 299 g/mol. The van der Waals surface area contributed by atoms with Crippen molar-refractivity contribution in [1.29, 1.82) is 0 Å². The number of nitrogens with zero attached hydrogens (tertiary/aromatic N) is 1. The number of hydrogen-bond donors (Lipinski definition) is 1. The van der Waals surface area contributed by atoms with Crippen LogP contribution in [0, 0.1) is 10.1 Å². The number of halogens is 1. The van der Waals surface area contributed by atoms with Crippen LogP contribution >= 0.6 is 15.9 Å². The molecule has 1 aromatic carbocycles. The molecule has 2 rings (SSSR count). The highest BCUT2D eigenvalue weighted by atomic mass is 79.9. The minimum absolute atomic E-state index is 0.0840. The molecule has 1 aromatic rings. The lowest BCUT2D eigenvalue weighted by molar-refractivity contribution is -0.384. The molecular formula is C11H11BrN2O3. The van der Waals surface area contributed by atoms with Gasteiger partial charge in [-0.3, -0.25) is 14.9 Å². The van der Waals surface area contributed by atoms with Crippen molar-refractivity contribution in [3.05, 3.63) is 38.3 Å². The molecule has 1 aliphatic carbocycles. The molecule has 90 valence electrons. The molecular weight excluding hydrogens is 288 g/mol. The molecule has 1 amide bonds. The minimum atomic E-state index is -0.512. The predicted molar refractivity (Wildman–Crippen MR) is 65.9 cm³/mol. The summed E-state index contributed by atoms with van der Waals surface area (Å²) in [6.45, 7) is 1.95. The third kappa shape index (κ3) is 2.63. The minimum Gasteiger partial charge on any atom is -0.347 e. The van der Waals surface area contributed by atoms with Crippen molar-refractivity contribution in [3.63, 3.8) is 0 Å². The van der Waals surface area contributed by atoms with Gasteiger partial charge in [-0.1, -0.05) is 0 Å². The third-order valence-corrected chi connectivity index (χ3v) is 3.51. The number of hydrogen-bond acceptors (Lipinski definition) is 3. The van der Waals surface area contributed by atoms with Gasteiger partial charge in [0, 0.05) is 22.1 Å². The molecule has 0 bridgehead atoms. The van der Waals surface area contributed by atoms with Gasteiger partial charge in [0.25, 0.3) is 11.6 Å². The molecule has 0 saturated heterocycles. The molecule has 1 aliphatic rings. The van der Waals surface area contributed by atoms with Crippen LogP contribution in [0.4, 0.5) is 5.69 Å². The highest BCUT2D eigenvalue weighted by Crippen LogP contribution is 2.35. The van der Waals surface area contributed by atoms with Crippen LogP contribution in [-0.2, 0) is 0 Å². The first-order chi connectivity index (χ1) is 7.91. The van der Waals surface area contributed by atoms with Crippen LogP contribution in [-0.4, -0.2) is 16.4 Å². The number of non-ortho nitro benzene ring substituents is 1. The van der Waals surface area contributed by atoms with Gasteiger partial charge in [0.05, 0.1) is 10.5 Å². The monoisotopic (exact) mass is 298 g/mol. The summed E-state index contributed by atoms with van der Waals surface area (Å²) in [7, 11) is 0. The van der Waals surface area contributed by atoms with E-state index in [1.165, 1.54) is 18.2 Å². The third-order valence-electron chi connectivity index (χ3n) is 2.82. The van der Waals surface area contributed by atoms with E-state index in [4.69, 9.17) is 0 Å². The second-order valence-corrected chi connectivity index (χ2v) is 5.29. The largest absolute Gasteiger partial charge is 0.347 e. The van der Waals surface area contributed by atoms with E-state index < -0.39 is 4.92 Å². The molecule has 0 atom stereocenters. The number of amides is 1. The molecule has 6 heteroatoms. The molecule has 17 heavy (non-hydrogen) atoms. The Morgan fingerprint density at radius 1 is 1.53 bits per heavy atom. The standard InChI is InChI=1S/C11H11BrN2O3/c1-11(4-5-11)13-10(15)8-6-7(14(16)17)2-3-9(8)12/h2-3,6H,4-5H2,1H3,(H,13,15). The SMILES string of the molecule is CC1(NC(=O)c2cc([N+](=O)[O-])ccc2Br)CC1. The molecule has 0 aliphatic heterocycles. The Labute approximate surface area is 106 Å². The number of benzene rings is 1. The Hall–Kier alpha value is -1.43. The summed E-state index contributed by atoms with van der Waals surface area (Å²) in [5.41, 5.74) is 0.0767. The van der Waals surface area contributed by atoms with Gasteiger partial charge >= 0.3 is 0 Å². The maximum atomic E-state index is 11.9.